The van der Waals surface area contributed by atoms with Gasteiger partial charge in [-0.1, -0.05) is 11.2 Å². The molecule has 1 saturated heterocycles. The zero-order valence-electron chi connectivity index (χ0n) is 13.3. The number of nitrogens with zero attached hydrogens (tertiary/aromatic N) is 1. The number of carbonyl (C=O) groups excluding carboxylic acids is 2. The zero-order valence-corrected chi connectivity index (χ0v) is 14.1. The molecule has 1 aliphatic rings. The Morgan fingerprint density at radius 1 is 1.33 bits per heavy atom. The summed E-state index contributed by atoms with van der Waals surface area (Å²) in [6.45, 7) is 3.41. The number of thiophene rings is 1. The van der Waals surface area contributed by atoms with Crippen molar-refractivity contribution in [2.24, 2.45) is 0 Å². The second-order valence-corrected chi connectivity index (χ2v) is 6.78. The van der Waals surface area contributed by atoms with Gasteiger partial charge >= 0.3 is 11.8 Å². The average molecular weight is 349 g/mol. The first-order chi connectivity index (χ1) is 11.6. The van der Waals surface area contributed by atoms with Crippen molar-refractivity contribution in [3.8, 4) is 0 Å². The van der Waals surface area contributed by atoms with E-state index in [-0.39, 0.29) is 11.2 Å². The molecule has 2 aromatic rings. The normalized spacial score (nSPS) is 16.5. The third kappa shape index (κ3) is 3.65. The number of hydrogen-bond acceptors (Lipinski definition) is 6. The molecule has 0 aromatic carbocycles. The third-order valence-corrected chi connectivity index (χ3v) is 5.27. The second kappa shape index (κ2) is 7.14. The van der Waals surface area contributed by atoms with Gasteiger partial charge in [0, 0.05) is 36.1 Å². The largest absolute Gasteiger partial charge is 0.381 e. The van der Waals surface area contributed by atoms with Gasteiger partial charge in [0.15, 0.2) is 5.82 Å². The van der Waals surface area contributed by atoms with E-state index < -0.39 is 11.8 Å². The Morgan fingerprint density at radius 2 is 2.12 bits per heavy atom. The van der Waals surface area contributed by atoms with Crippen LogP contribution >= 0.6 is 11.3 Å². The van der Waals surface area contributed by atoms with Gasteiger partial charge in [-0.05, 0) is 31.2 Å². The average Bonchev–Trinajstić information content (AvgIpc) is 3.25. The van der Waals surface area contributed by atoms with Crippen LogP contribution in [0.15, 0.2) is 28.1 Å². The minimum Gasteiger partial charge on any atom is -0.381 e. The SMILES string of the molecule is Cc1cc(NC(=O)C(=O)NCC2(c3cccs3)CCOCC2)no1. The van der Waals surface area contributed by atoms with Crippen molar-refractivity contribution >= 4 is 29.0 Å². The van der Waals surface area contributed by atoms with Crippen molar-refractivity contribution < 1.29 is 18.8 Å². The molecule has 2 amide bonds. The molecule has 7 nitrogen and oxygen atoms in total. The molecule has 24 heavy (non-hydrogen) atoms. The third-order valence-electron chi connectivity index (χ3n) is 4.16. The zero-order chi connectivity index (χ0) is 17.0. The molecule has 0 saturated carbocycles. The molecular formula is C16H19N3O4S. The van der Waals surface area contributed by atoms with Crippen LogP contribution in [0.25, 0.3) is 0 Å². The molecule has 3 rings (SSSR count). The lowest BCUT2D eigenvalue weighted by molar-refractivity contribution is -0.136. The van der Waals surface area contributed by atoms with Gasteiger partial charge in [0.2, 0.25) is 0 Å². The fourth-order valence-electron chi connectivity index (χ4n) is 2.78. The Hall–Kier alpha value is -2.19. The lowest BCUT2D eigenvalue weighted by Gasteiger charge is -2.36. The Balaban J connectivity index is 1.62. The van der Waals surface area contributed by atoms with E-state index in [0.29, 0.717) is 25.5 Å². The van der Waals surface area contributed by atoms with Crippen molar-refractivity contribution in [3.05, 3.63) is 34.2 Å². The van der Waals surface area contributed by atoms with Crippen LogP contribution in [0.2, 0.25) is 0 Å². The molecule has 0 unspecified atom stereocenters. The summed E-state index contributed by atoms with van der Waals surface area (Å²) in [6.07, 6.45) is 1.63. The van der Waals surface area contributed by atoms with Crippen LogP contribution in [0.1, 0.15) is 23.5 Å². The number of anilines is 1. The molecule has 2 aromatic heterocycles. The van der Waals surface area contributed by atoms with Crippen molar-refractivity contribution in [3.63, 3.8) is 0 Å². The molecule has 0 spiro atoms. The van der Waals surface area contributed by atoms with Crippen LogP contribution in [0.3, 0.4) is 0 Å². The Bertz CT molecular complexity index is 705. The summed E-state index contributed by atoms with van der Waals surface area (Å²) in [5.74, 6) is -0.647. The molecule has 1 aliphatic heterocycles. The van der Waals surface area contributed by atoms with E-state index in [1.165, 1.54) is 4.88 Å². The monoisotopic (exact) mass is 349 g/mol. The first-order valence-corrected chi connectivity index (χ1v) is 8.61. The Labute approximate surface area is 143 Å². The highest BCUT2D eigenvalue weighted by atomic mass is 32.1. The van der Waals surface area contributed by atoms with E-state index in [1.54, 1.807) is 24.3 Å². The Morgan fingerprint density at radius 3 is 2.75 bits per heavy atom. The summed E-state index contributed by atoms with van der Waals surface area (Å²) < 4.78 is 10.3. The van der Waals surface area contributed by atoms with Crippen molar-refractivity contribution in [1.29, 1.82) is 0 Å². The number of aromatic nitrogens is 1. The highest BCUT2D eigenvalue weighted by molar-refractivity contribution is 7.10. The van der Waals surface area contributed by atoms with E-state index >= 15 is 0 Å². The molecule has 0 atom stereocenters. The number of hydrogen-bond donors (Lipinski definition) is 2. The summed E-state index contributed by atoms with van der Waals surface area (Å²) >= 11 is 1.66. The van der Waals surface area contributed by atoms with Crippen molar-refractivity contribution in [2.75, 3.05) is 25.1 Å². The first kappa shape index (κ1) is 16.7. The second-order valence-electron chi connectivity index (χ2n) is 5.83. The number of amides is 2. The van der Waals surface area contributed by atoms with Crippen LogP contribution < -0.4 is 10.6 Å². The lowest BCUT2D eigenvalue weighted by Crippen LogP contribution is -2.46. The summed E-state index contributed by atoms with van der Waals surface area (Å²) in [5, 5.41) is 10.8. The van der Waals surface area contributed by atoms with Crippen LogP contribution in [-0.2, 0) is 19.7 Å². The molecule has 0 bridgehead atoms. The summed E-state index contributed by atoms with van der Waals surface area (Å²) in [7, 11) is 0. The van der Waals surface area contributed by atoms with Gasteiger partial charge in [0.25, 0.3) is 0 Å². The highest BCUT2D eigenvalue weighted by Gasteiger charge is 2.36. The van der Waals surface area contributed by atoms with Gasteiger partial charge in [-0.15, -0.1) is 11.3 Å². The number of aryl methyl sites for hydroxylation is 1. The van der Waals surface area contributed by atoms with E-state index in [9.17, 15) is 9.59 Å². The molecule has 2 N–H and O–H groups in total. The maximum absolute atomic E-state index is 12.1. The van der Waals surface area contributed by atoms with Gasteiger partial charge in [-0.25, -0.2) is 0 Å². The van der Waals surface area contributed by atoms with Crippen LogP contribution in [0.5, 0.6) is 0 Å². The fraction of sp³-hybridized carbons (Fsp3) is 0.438. The van der Waals surface area contributed by atoms with E-state index in [2.05, 4.69) is 21.9 Å². The summed E-state index contributed by atoms with van der Waals surface area (Å²) in [5.41, 5.74) is -0.174. The van der Waals surface area contributed by atoms with Gasteiger partial charge in [0.1, 0.15) is 5.76 Å². The molecule has 3 heterocycles. The number of nitrogens with one attached hydrogen (secondary N) is 2. The molecule has 1 fully saturated rings. The molecule has 0 radical (unpaired) electrons. The van der Waals surface area contributed by atoms with E-state index in [0.717, 1.165) is 12.8 Å². The van der Waals surface area contributed by atoms with Gasteiger partial charge in [0.05, 0.1) is 0 Å². The molecule has 0 aliphatic carbocycles. The summed E-state index contributed by atoms with van der Waals surface area (Å²) in [4.78, 5) is 25.3. The number of ether oxygens (including phenoxy) is 1. The fourth-order valence-corrected chi connectivity index (χ4v) is 3.77. The Kier molecular flexibility index (Phi) is 4.96. The molecule has 128 valence electrons. The highest BCUT2D eigenvalue weighted by Crippen LogP contribution is 2.36. The van der Waals surface area contributed by atoms with E-state index in [1.807, 2.05) is 11.4 Å². The van der Waals surface area contributed by atoms with Crippen LogP contribution in [0, 0.1) is 6.92 Å². The van der Waals surface area contributed by atoms with Crippen molar-refractivity contribution in [1.82, 2.24) is 10.5 Å². The smallest absolute Gasteiger partial charge is 0.314 e. The topological polar surface area (TPSA) is 93.5 Å². The predicted octanol–water partition coefficient (Wildman–Crippen LogP) is 1.85. The molecule has 8 heteroatoms. The van der Waals surface area contributed by atoms with E-state index in [4.69, 9.17) is 9.26 Å². The van der Waals surface area contributed by atoms with Gasteiger partial charge in [-0.2, -0.15) is 0 Å². The maximum Gasteiger partial charge on any atom is 0.314 e. The van der Waals surface area contributed by atoms with Gasteiger partial charge in [-0.3, -0.25) is 14.9 Å². The lowest BCUT2D eigenvalue weighted by atomic mass is 9.78. The van der Waals surface area contributed by atoms with Crippen molar-refractivity contribution in [2.45, 2.75) is 25.2 Å². The molecular weight excluding hydrogens is 330 g/mol. The predicted molar refractivity (Wildman–Crippen MR) is 88.9 cm³/mol. The first-order valence-electron chi connectivity index (χ1n) is 7.73. The number of carbonyl (C=O) groups is 2. The minimum absolute atomic E-state index is 0.174. The number of rotatable bonds is 4. The minimum atomic E-state index is -0.753. The quantitative estimate of drug-likeness (QED) is 0.822. The van der Waals surface area contributed by atoms with Gasteiger partial charge < -0.3 is 14.6 Å². The standard InChI is InChI=1S/C16H19N3O4S/c1-11-9-13(19-23-11)18-15(21)14(20)17-10-16(4-6-22-7-5-16)12-3-2-8-24-12/h2-3,8-9H,4-7,10H2,1H3,(H,17,20)(H,18,19,21). The van der Waals surface area contributed by atoms with Crippen LogP contribution in [0.4, 0.5) is 5.82 Å². The maximum atomic E-state index is 12.1. The summed E-state index contributed by atoms with van der Waals surface area (Å²) in [6, 6.07) is 5.62. The van der Waals surface area contributed by atoms with Crippen LogP contribution in [-0.4, -0.2) is 36.7 Å².